The number of carboxylic acids is 3. The highest BCUT2D eigenvalue weighted by Gasteiger charge is 2.18. The molecule has 26 heavy (non-hydrogen) atoms. The third kappa shape index (κ3) is 4.15. The van der Waals surface area contributed by atoms with E-state index < -0.39 is 17.9 Å². The van der Waals surface area contributed by atoms with Crippen LogP contribution in [-0.2, 0) is 0 Å². The maximum absolute atomic E-state index is 11.1. The van der Waals surface area contributed by atoms with E-state index in [0.29, 0.717) is 10.8 Å². The zero-order valence-corrected chi connectivity index (χ0v) is 13.3. The van der Waals surface area contributed by atoms with E-state index in [9.17, 15) is 14.4 Å². The highest BCUT2D eigenvalue weighted by atomic mass is 16.4. The number of fused-ring (bicyclic) bond motifs is 1. The molecule has 0 atom stereocenters. The summed E-state index contributed by atoms with van der Waals surface area (Å²) in [6, 6.07) is 15.1. The lowest BCUT2D eigenvalue weighted by atomic mass is 9.99. The number of aromatic hydroxyl groups is 1. The molecule has 0 fully saturated rings. The molecule has 0 bridgehead atoms. The van der Waals surface area contributed by atoms with E-state index in [2.05, 4.69) is 0 Å². The van der Waals surface area contributed by atoms with Crippen LogP contribution in [0.15, 0.2) is 60.7 Å². The van der Waals surface area contributed by atoms with E-state index in [1.165, 1.54) is 30.3 Å². The summed E-state index contributed by atoms with van der Waals surface area (Å²) in [5.74, 6) is -3.37. The Bertz CT molecular complexity index is 975. The van der Waals surface area contributed by atoms with Crippen LogP contribution in [0.5, 0.6) is 5.75 Å². The van der Waals surface area contributed by atoms with Gasteiger partial charge in [0.25, 0.3) is 0 Å². The number of carbonyl (C=O) groups is 3. The van der Waals surface area contributed by atoms with Gasteiger partial charge < -0.3 is 20.4 Å². The number of aromatic carboxylic acids is 3. The van der Waals surface area contributed by atoms with Gasteiger partial charge in [-0.25, -0.2) is 14.4 Å². The lowest BCUT2D eigenvalue weighted by Gasteiger charge is -2.05. The Labute approximate surface area is 147 Å². The van der Waals surface area contributed by atoms with Crippen molar-refractivity contribution >= 4 is 28.7 Å². The third-order valence-corrected chi connectivity index (χ3v) is 3.49. The lowest BCUT2D eigenvalue weighted by molar-refractivity contribution is 0.0653. The summed E-state index contributed by atoms with van der Waals surface area (Å²) >= 11 is 0. The maximum atomic E-state index is 11.1. The van der Waals surface area contributed by atoms with Gasteiger partial charge in [0, 0.05) is 0 Å². The summed E-state index contributed by atoms with van der Waals surface area (Å²) in [5, 5.41) is 36.3. The summed E-state index contributed by atoms with van der Waals surface area (Å²) < 4.78 is 0. The van der Waals surface area contributed by atoms with Crippen LogP contribution >= 0.6 is 0 Å². The van der Waals surface area contributed by atoms with Crippen molar-refractivity contribution in [2.45, 2.75) is 0 Å². The molecule has 0 radical (unpaired) electrons. The second kappa shape index (κ2) is 7.80. The zero-order chi connectivity index (χ0) is 19.3. The Morgan fingerprint density at radius 2 is 1.27 bits per heavy atom. The largest absolute Gasteiger partial charge is 0.508 e. The van der Waals surface area contributed by atoms with Gasteiger partial charge in [0.1, 0.15) is 5.75 Å². The number of phenols is 1. The van der Waals surface area contributed by atoms with Gasteiger partial charge in [-0.15, -0.1) is 0 Å². The summed E-state index contributed by atoms with van der Waals surface area (Å²) in [5.41, 5.74) is -0.172. The van der Waals surface area contributed by atoms with Crippen LogP contribution in [0.3, 0.4) is 0 Å². The first-order valence-electron chi connectivity index (χ1n) is 7.32. The average Bonchev–Trinajstić information content (AvgIpc) is 2.61. The van der Waals surface area contributed by atoms with Crippen molar-refractivity contribution < 1.29 is 34.8 Å². The van der Waals surface area contributed by atoms with Crippen LogP contribution in [0.1, 0.15) is 31.1 Å². The van der Waals surface area contributed by atoms with Crippen molar-refractivity contribution in [2.75, 3.05) is 0 Å². The molecule has 3 aromatic carbocycles. The number of carboxylic acid groups (broad SMARTS) is 3. The van der Waals surface area contributed by atoms with Crippen LogP contribution in [-0.4, -0.2) is 38.3 Å². The van der Waals surface area contributed by atoms with Crippen molar-refractivity contribution in [3.63, 3.8) is 0 Å². The first-order chi connectivity index (χ1) is 12.3. The van der Waals surface area contributed by atoms with Crippen molar-refractivity contribution in [1.82, 2.24) is 0 Å². The minimum absolute atomic E-state index is 0.0741. The molecule has 0 saturated heterocycles. The van der Waals surface area contributed by atoms with Gasteiger partial charge >= 0.3 is 17.9 Å². The Hall–Kier alpha value is -3.87. The molecule has 3 rings (SSSR count). The van der Waals surface area contributed by atoms with Crippen molar-refractivity contribution in [1.29, 1.82) is 0 Å². The van der Waals surface area contributed by atoms with Crippen LogP contribution in [0, 0.1) is 0 Å². The summed E-state index contributed by atoms with van der Waals surface area (Å²) in [6.07, 6.45) is 0. The SMILES string of the molecule is O=C(O)c1ccc(O)cc1.O=C(O)c1ccc2ccccc2c1C(=O)O. The number of hydrogen-bond acceptors (Lipinski definition) is 4. The van der Waals surface area contributed by atoms with Crippen molar-refractivity contribution in [3.05, 3.63) is 77.4 Å². The van der Waals surface area contributed by atoms with Crippen molar-refractivity contribution in [3.8, 4) is 5.75 Å². The minimum atomic E-state index is -1.23. The zero-order valence-electron chi connectivity index (χ0n) is 13.3. The summed E-state index contributed by atoms with van der Waals surface area (Å²) in [6.45, 7) is 0. The van der Waals surface area contributed by atoms with E-state index in [1.54, 1.807) is 30.3 Å². The molecule has 0 saturated carbocycles. The van der Waals surface area contributed by atoms with Gasteiger partial charge in [-0.3, -0.25) is 0 Å². The highest BCUT2D eigenvalue weighted by molar-refractivity contribution is 6.11. The lowest BCUT2D eigenvalue weighted by Crippen LogP contribution is -2.08. The summed E-state index contributed by atoms with van der Waals surface area (Å²) in [7, 11) is 0. The summed E-state index contributed by atoms with van der Waals surface area (Å²) in [4.78, 5) is 32.2. The second-order valence-electron chi connectivity index (χ2n) is 5.17. The Morgan fingerprint density at radius 1 is 0.654 bits per heavy atom. The molecule has 0 aliphatic heterocycles. The predicted octanol–water partition coefficient (Wildman–Crippen LogP) is 3.33. The van der Waals surface area contributed by atoms with Gasteiger partial charge in [0.05, 0.1) is 16.7 Å². The van der Waals surface area contributed by atoms with E-state index in [1.807, 2.05) is 0 Å². The van der Waals surface area contributed by atoms with Gasteiger partial charge in [-0.1, -0.05) is 30.3 Å². The fraction of sp³-hybridized carbons (Fsp3) is 0. The fourth-order valence-corrected chi connectivity index (χ4v) is 2.28. The minimum Gasteiger partial charge on any atom is -0.508 e. The number of phenolic OH excluding ortho intramolecular Hbond substituents is 1. The molecule has 0 aliphatic rings. The monoisotopic (exact) mass is 354 g/mol. The molecule has 0 spiro atoms. The Kier molecular flexibility index (Phi) is 5.54. The maximum Gasteiger partial charge on any atom is 0.337 e. The smallest absolute Gasteiger partial charge is 0.337 e. The van der Waals surface area contributed by atoms with Crippen LogP contribution < -0.4 is 0 Å². The molecule has 7 heteroatoms. The first-order valence-corrected chi connectivity index (χ1v) is 7.32. The molecule has 3 aromatic rings. The standard InChI is InChI=1S/C12H8O4.C7H6O3/c13-11(14)9-6-5-7-3-1-2-4-8(7)10(9)12(15)16;8-6-3-1-5(2-4-6)7(9)10/h1-6H,(H,13,14)(H,15,16);1-4,8H,(H,9,10). The normalized spacial score (nSPS) is 9.85. The molecule has 132 valence electrons. The highest BCUT2D eigenvalue weighted by Crippen LogP contribution is 2.22. The molecular formula is C19H14O7. The molecular weight excluding hydrogens is 340 g/mol. The van der Waals surface area contributed by atoms with Gasteiger partial charge in [-0.2, -0.15) is 0 Å². The number of hydrogen-bond donors (Lipinski definition) is 4. The van der Waals surface area contributed by atoms with E-state index in [-0.39, 0.29) is 22.4 Å². The average molecular weight is 354 g/mol. The molecule has 0 unspecified atom stereocenters. The topological polar surface area (TPSA) is 132 Å². The molecule has 4 N–H and O–H groups in total. The molecule has 7 nitrogen and oxygen atoms in total. The third-order valence-electron chi connectivity index (χ3n) is 3.49. The van der Waals surface area contributed by atoms with E-state index in [0.717, 1.165) is 0 Å². The van der Waals surface area contributed by atoms with Gasteiger partial charge in [0.15, 0.2) is 0 Å². The quantitative estimate of drug-likeness (QED) is 0.567. The van der Waals surface area contributed by atoms with Gasteiger partial charge in [0.2, 0.25) is 0 Å². The van der Waals surface area contributed by atoms with Crippen molar-refractivity contribution in [2.24, 2.45) is 0 Å². The number of rotatable bonds is 3. The Morgan fingerprint density at radius 3 is 1.81 bits per heavy atom. The number of benzene rings is 3. The first kappa shape index (κ1) is 18.5. The fourth-order valence-electron chi connectivity index (χ4n) is 2.28. The van der Waals surface area contributed by atoms with E-state index in [4.69, 9.17) is 20.4 Å². The van der Waals surface area contributed by atoms with Crippen LogP contribution in [0.4, 0.5) is 0 Å². The van der Waals surface area contributed by atoms with E-state index >= 15 is 0 Å². The molecule has 0 heterocycles. The van der Waals surface area contributed by atoms with Gasteiger partial charge in [-0.05, 0) is 41.1 Å². The molecule has 0 aliphatic carbocycles. The van der Waals surface area contributed by atoms with Crippen LogP contribution in [0.2, 0.25) is 0 Å². The molecule has 0 aromatic heterocycles. The molecule has 0 amide bonds. The van der Waals surface area contributed by atoms with Crippen LogP contribution in [0.25, 0.3) is 10.8 Å². The Balaban J connectivity index is 0.000000209. The second-order valence-corrected chi connectivity index (χ2v) is 5.17. The predicted molar refractivity (Wildman–Crippen MR) is 92.9 cm³/mol.